The molecule has 0 N–H and O–H groups in total. The summed E-state index contributed by atoms with van der Waals surface area (Å²) in [5.41, 5.74) is 0. The largest absolute Gasteiger partial charge is 0.306 e. The Morgan fingerprint density at radius 1 is 0.889 bits per heavy atom. The van der Waals surface area contributed by atoms with Gasteiger partial charge in [0, 0.05) is 38.8 Å². The van der Waals surface area contributed by atoms with Crippen molar-refractivity contribution >= 4 is 0 Å². The zero-order chi connectivity index (χ0) is 12.4. The molecule has 0 amide bonds. The summed E-state index contributed by atoms with van der Waals surface area (Å²) in [6, 6.07) is 0.883. The second-order valence-corrected chi connectivity index (χ2v) is 6.72. The fourth-order valence-electron chi connectivity index (χ4n) is 4.17. The van der Waals surface area contributed by atoms with Crippen LogP contribution in [0.1, 0.15) is 32.1 Å². The third-order valence-electron chi connectivity index (χ3n) is 5.16. The van der Waals surface area contributed by atoms with Crippen LogP contribution in [0.25, 0.3) is 0 Å². The lowest BCUT2D eigenvalue weighted by Crippen LogP contribution is -2.56. The van der Waals surface area contributed by atoms with Crippen LogP contribution in [-0.4, -0.2) is 73.6 Å². The van der Waals surface area contributed by atoms with Crippen molar-refractivity contribution in [3.05, 3.63) is 0 Å². The predicted molar refractivity (Wildman–Crippen MR) is 75.9 cm³/mol. The van der Waals surface area contributed by atoms with Gasteiger partial charge in [-0.2, -0.15) is 0 Å². The number of hydrogen-bond acceptors (Lipinski definition) is 3. The van der Waals surface area contributed by atoms with E-state index in [1.54, 1.807) is 0 Å². The number of hydrogen-bond donors (Lipinski definition) is 0. The predicted octanol–water partition coefficient (Wildman–Crippen LogP) is 1.50. The molecule has 0 spiro atoms. The minimum atomic E-state index is 0.883. The molecule has 3 heterocycles. The normalized spacial score (nSPS) is 36.5. The molecule has 0 radical (unpaired) electrons. The Labute approximate surface area is 112 Å². The van der Waals surface area contributed by atoms with E-state index in [1.165, 1.54) is 77.9 Å². The molecule has 3 saturated heterocycles. The van der Waals surface area contributed by atoms with Crippen LogP contribution in [0, 0.1) is 5.92 Å². The minimum Gasteiger partial charge on any atom is -0.306 e. The van der Waals surface area contributed by atoms with Crippen molar-refractivity contribution in [1.29, 1.82) is 0 Å². The minimum absolute atomic E-state index is 0.883. The quantitative estimate of drug-likeness (QED) is 0.736. The van der Waals surface area contributed by atoms with Gasteiger partial charge >= 0.3 is 0 Å². The second kappa shape index (κ2) is 5.89. The fourth-order valence-corrected chi connectivity index (χ4v) is 4.17. The molecule has 18 heavy (non-hydrogen) atoms. The van der Waals surface area contributed by atoms with Crippen LogP contribution in [-0.2, 0) is 0 Å². The highest BCUT2D eigenvalue weighted by atomic mass is 15.3. The van der Waals surface area contributed by atoms with E-state index in [-0.39, 0.29) is 0 Å². The molecule has 3 aliphatic rings. The maximum atomic E-state index is 2.76. The summed E-state index contributed by atoms with van der Waals surface area (Å²) in [5.74, 6) is 0.930. The lowest BCUT2D eigenvalue weighted by Gasteiger charge is -2.45. The van der Waals surface area contributed by atoms with Crippen LogP contribution in [0.15, 0.2) is 0 Å². The van der Waals surface area contributed by atoms with Crippen LogP contribution in [0.3, 0.4) is 0 Å². The molecule has 0 aromatic heterocycles. The average molecular weight is 251 g/mol. The first-order chi connectivity index (χ1) is 8.81. The fraction of sp³-hybridized carbons (Fsp3) is 1.00. The van der Waals surface area contributed by atoms with Gasteiger partial charge in [-0.15, -0.1) is 0 Å². The molecule has 3 fully saturated rings. The van der Waals surface area contributed by atoms with E-state index < -0.39 is 0 Å². The van der Waals surface area contributed by atoms with Crippen molar-refractivity contribution in [2.45, 2.75) is 38.1 Å². The molecule has 0 saturated carbocycles. The van der Waals surface area contributed by atoms with E-state index in [9.17, 15) is 0 Å². The van der Waals surface area contributed by atoms with Gasteiger partial charge < -0.3 is 9.80 Å². The Balaban J connectivity index is 1.48. The van der Waals surface area contributed by atoms with Crippen LogP contribution in [0.2, 0.25) is 0 Å². The molecule has 0 bridgehead atoms. The zero-order valence-corrected chi connectivity index (χ0v) is 12.0. The topological polar surface area (TPSA) is 9.72 Å². The summed E-state index contributed by atoms with van der Waals surface area (Å²) in [6.45, 7) is 9.35. The van der Waals surface area contributed by atoms with Gasteiger partial charge in [-0.3, -0.25) is 4.90 Å². The summed E-state index contributed by atoms with van der Waals surface area (Å²) in [4.78, 5) is 8.02. The number of piperazine rings is 1. The number of rotatable bonds is 2. The Hall–Kier alpha value is -0.120. The molecule has 3 heteroatoms. The van der Waals surface area contributed by atoms with Gasteiger partial charge in [-0.05, 0) is 51.7 Å². The summed E-state index contributed by atoms with van der Waals surface area (Å²) in [7, 11) is 2.28. The van der Waals surface area contributed by atoms with Crippen molar-refractivity contribution in [3.8, 4) is 0 Å². The first kappa shape index (κ1) is 12.9. The molecular formula is C15H29N3. The van der Waals surface area contributed by atoms with Crippen LogP contribution < -0.4 is 0 Å². The van der Waals surface area contributed by atoms with E-state index in [2.05, 4.69) is 21.7 Å². The molecule has 3 nitrogen and oxygen atoms in total. The number of fused-ring (bicyclic) bond motifs is 1. The van der Waals surface area contributed by atoms with Crippen molar-refractivity contribution in [2.75, 3.05) is 52.9 Å². The molecule has 2 unspecified atom stereocenters. The second-order valence-electron chi connectivity index (χ2n) is 6.72. The van der Waals surface area contributed by atoms with Gasteiger partial charge in [0.05, 0.1) is 0 Å². The Morgan fingerprint density at radius 2 is 1.83 bits per heavy atom. The molecule has 0 aromatic carbocycles. The first-order valence-electron chi connectivity index (χ1n) is 7.96. The Bertz CT molecular complexity index is 268. The van der Waals surface area contributed by atoms with E-state index in [4.69, 9.17) is 0 Å². The monoisotopic (exact) mass is 251 g/mol. The summed E-state index contributed by atoms with van der Waals surface area (Å²) in [5, 5.41) is 0. The van der Waals surface area contributed by atoms with Crippen molar-refractivity contribution in [2.24, 2.45) is 5.92 Å². The highest BCUT2D eigenvalue weighted by molar-refractivity contribution is 4.86. The number of piperidine rings is 2. The van der Waals surface area contributed by atoms with Gasteiger partial charge in [-0.25, -0.2) is 0 Å². The third kappa shape index (κ3) is 3.06. The van der Waals surface area contributed by atoms with Crippen molar-refractivity contribution in [3.63, 3.8) is 0 Å². The van der Waals surface area contributed by atoms with E-state index in [1.807, 2.05) is 0 Å². The Kier molecular flexibility index (Phi) is 4.22. The van der Waals surface area contributed by atoms with Crippen LogP contribution >= 0.6 is 0 Å². The lowest BCUT2D eigenvalue weighted by molar-refractivity contribution is 0.0346. The van der Waals surface area contributed by atoms with E-state index in [0.717, 1.165) is 12.0 Å². The van der Waals surface area contributed by atoms with Crippen molar-refractivity contribution in [1.82, 2.24) is 14.7 Å². The highest BCUT2D eigenvalue weighted by Gasteiger charge is 2.30. The van der Waals surface area contributed by atoms with Gasteiger partial charge in [0.25, 0.3) is 0 Å². The van der Waals surface area contributed by atoms with Gasteiger partial charge in [-0.1, -0.05) is 6.42 Å². The third-order valence-corrected chi connectivity index (χ3v) is 5.16. The molecule has 104 valence electrons. The summed E-state index contributed by atoms with van der Waals surface area (Å²) < 4.78 is 0. The maximum absolute atomic E-state index is 2.76. The maximum Gasteiger partial charge on any atom is 0.0223 e. The smallest absolute Gasteiger partial charge is 0.0223 e. The van der Waals surface area contributed by atoms with Gasteiger partial charge in [0.1, 0.15) is 0 Å². The van der Waals surface area contributed by atoms with Crippen LogP contribution in [0.5, 0.6) is 0 Å². The van der Waals surface area contributed by atoms with Crippen molar-refractivity contribution < 1.29 is 0 Å². The van der Waals surface area contributed by atoms with E-state index >= 15 is 0 Å². The Morgan fingerprint density at radius 3 is 2.72 bits per heavy atom. The molecule has 0 aromatic rings. The molecule has 3 rings (SSSR count). The molecule has 3 aliphatic heterocycles. The average Bonchev–Trinajstić information content (AvgIpc) is 2.39. The number of likely N-dealkylation sites (tertiary alicyclic amines) is 1. The zero-order valence-electron chi connectivity index (χ0n) is 12.0. The molecular weight excluding hydrogens is 222 g/mol. The number of nitrogens with zero attached hydrogens (tertiary/aromatic N) is 3. The first-order valence-corrected chi connectivity index (χ1v) is 7.96. The van der Waals surface area contributed by atoms with Gasteiger partial charge in [0.2, 0.25) is 0 Å². The molecule has 2 atom stereocenters. The molecule has 0 aliphatic carbocycles. The summed E-state index contributed by atoms with van der Waals surface area (Å²) >= 11 is 0. The summed E-state index contributed by atoms with van der Waals surface area (Å²) in [6.07, 6.45) is 7.20. The van der Waals surface area contributed by atoms with E-state index in [0.29, 0.717) is 0 Å². The standard InChI is InChI=1S/C15H29N3/c1-16-7-4-5-14(11-16)12-17-9-10-18-8-3-2-6-15(18)13-17/h14-15H,2-13H2,1H3. The lowest BCUT2D eigenvalue weighted by atomic mass is 9.95. The van der Waals surface area contributed by atoms with Gasteiger partial charge in [0.15, 0.2) is 0 Å². The SMILES string of the molecule is CN1CCCC(CN2CCN3CCCCC3C2)C1. The highest BCUT2D eigenvalue weighted by Crippen LogP contribution is 2.23. The van der Waals surface area contributed by atoms with Crippen LogP contribution in [0.4, 0.5) is 0 Å².